The van der Waals surface area contributed by atoms with E-state index in [0.29, 0.717) is 27.7 Å². The Morgan fingerprint density at radius 2 is 2.07 bits per heavy atom. The zero-order valence-electron chi connectivity index (χ0n) is 15.0. The number of para-hydroxylation sites is 1. The van der Waals surface area contributed by atoms with E-state index in [0.717, 1.165) is 5.69 Å². The fourth-order valence-electron chi connectivity index (χ4n) is 2.72. The topological polar surface area (TPSA) is 77.1 Å². The third-order valence-corrected chi connectivity index (χ3v) is 6.01. The van der Waals surface area contributed by atoms with Crippen LogP contribution in [0.3, 0.4) is 0 Å². The minimum absolute atomic E-state index is 0.136. The number of carbonyl (C=O) groups excluding carboxylic acids is 1. The number of hydrogen-bond donors (Lipinski definition) is 1. The molecule has 0 aliphatic rings. The number of amides is 1. The first kappa shape index (κ1) is 18.5. The predicted octanol–water partition coefficient (Wildman–Crippen LogP) is 3.84. The van der Waals surface area contributed by atoms with Crippen LogP contribution >= 0.6 is 23.1 Å². The Labute approximate surface area is 169 Å². The van der Waals surface area contributed by atoms with Crippen molar-refractivity contribution in [2.24, 2.45) is 0 Å². The Bertz CT molecular complexity index is 1150. The van der Waals surface area contributed by atoms with E-state index in [4.69, 9.17) is 4.42 Å². The molecule has 0 unspecified atom stereocenters. The summed E-state index contributed by atoms with van der Waals surface area (Å²) in [5.41, 5.74) is 0.585. The maximum absolute atomic E-state index is 13.0. The maximum Gasteiger partial charge on any atom is 0.267 e. The van der Waals surface area contributed by atoms with Gasteiger partial charge in [0.15, 0.2) is 5.16 Å². The van der Waals surface area contributed by atoms with Crippen LogP contribution in [0.2, 0.25) is 0 Å². The van der Waals surface area contributed by atoms with E-state index in [1.807, 2.05) is 35.7 Å². The number of hydrogen-bond acceptors (Lipinski definition) is 6. The van der Waals surface area contributed by atoms with Gasteiger partial charge < -0.3 is 9.73 Å². The van der Waals surface area contributed by atoms with Crippen molar-refractivity contribution in [1.29, 1.82) is 0 Å². The van der Waals surface area contributed by atoms with E-state index in [1.165, 1.54) is 23.1 Å². The molecule has 6 nitrogen and oxygen atoms in total. The van der Waals surface area contributed by atoms with Gasteiger partial charge in [-0.2, -0.15) is 0 Å². The van der Waals surface area contributed by atoms with Gasteiger partial charge in [-0.15, -0.1) is 11.3 Å². The smallest absolute Gasteiger partial charge is 0.267 e. The molecule has 3 aromatic heterocycles. The summed E-state index contributed by atoms with van der Waals surface area (Å²) in [4.78, 5) is 30.9. The van der Waals surface area contributed by atoms with E-state index >= 15 is 0 Å². The van der Waals surface area contributed by atoms with Gasteiger partial charge in [-0.1, -0.05) is 30.0 Å². The van der Waals surface area contributed by atoms with E-state index in [-0.39, 0.29) is 11.5 Å². The molecule has 1 N–H and O–H groups in total. The highest BCUT2D eigenvalue weighted by Gasteiger charge is 2.20. The Hall–Kier alpha value is -2.84. The van der Waals surface area contributed by atoms with E-state index < -0.39 is 5.25 Å². The van der Waals surface area contributed by atoms with Crippen LogP contribution in [0, 0.1) is 0 Å². The second-order valence-electron chi connectivity index (χ2n) is 6.07. The maximum atomic E-state index is 13.0. The molecule has 0 aliphatic heterocycles. The highest BCUT2D eigenvalue weighted by Crippen LogP contribution is 2.26. The van der Waals surface area contributed by atoms with Gasteiger partial charge in [0.1, 0.15) is 10.6 Å². The van der Waals surface area contributed by atoms with E-state index in [9.17, 15) is 9.59 Å². The second-order valence-corrected chi connectivity index (χ2v) is 8.27. The summed E-state index contributed by atoms with van der Waals surface area (Å²) in [7, 11) is 0. The second kappa shape index (κ2) is 8.04. The monoisotopic (exact) mass is 411 g/mol. The molecule has 8 heteroatoms. The lowest BCUT2D eigenvalue weighted by Gasteiger charge is -2.15. The number of thiophene rings is 1. The summed E-state index contributed by atoms with van der Waals surface area (Å²) in [5.74, 6) is 0.534. The van der Waals surface area contributed by atoms with E-state index in [2.05, 4.69) is 10.3 Å². The molecule has 0 saturated carbocycles. The van der Waals surface area contributed by atoms with Crippen molar-refractivity contribution in [3.8, 4) is 5.69 Å². The van der Waals surface area contributed by atoms with Gasteiger partial charge in [-0.25, -0.2) is 4.98 Å². The van der Waals surface area contributed by atoms with Gasteiger partial charge in [-0.05, 0) is 42.6 Å². The van der Waals surface area contributed by atoms with Gasteiger partial charge in [0.25, 0.3) is 5.56 Å². The van der Waals surface area contributed by atoms with E-state index in [1.54, 1.807) is 36.0 Å². The molecule has 0 saturated heterocycles. The van der Waals surface area contributed by atoms with Crippen LogP contribution in [0.4, 0.5) is 0 Å². The summed E-state index contributed by atoms with van der Waals surface area (Å²) >= 11 is 2.67. The molecule has 142 valence electrons. The highest BCUT2D eigenvalue weighted by molar-refractivity contribution is 8.00. The molecule has 1 atom stereocenters. The number of thioether (sulfide) groups is 1. The Morgan fingerprint density at radius 1 is 1.25 bits per heavy atom. The van der Waals surface area contributed by atoms with Crippen molar-refractivity contribution >= 4 is 39.2 Å². The van der Waals surface area contributed by atoms with Crippen molar-refractivity contribution in [3.05, 3.63) is 76.3 Å². The molecule has 0 spiro atoms. The molecular formula is C20H17N3O3S2. The molecule has 4 rings (SSSR count). The third kappa shape index (κ3) is 3.74. The molecule has 1 aromatic carbocycles. The Balaban J connectivity index is 1.64. The van der Waals surface area contributed by atoms with Crippen molar-refractivity contribution in [2.45, 2.75) is 23.9 Å². The Morgan fingerprint density at radius 3 is 2.82 bits per heavy atom. The SMILES string of the molecule is C[C@@H](Sc1nc2sccc2c(=O)n1-c1ccccc1)C(=O)NCc1ccco1. The molecule has 4 aromatic rings. The van der Waals surface area contributed by atoms with Gasteiger partial charge in [0.05, 0.1) is 29.1 Å². The van der Waals surface area contributed by atoms with Gasteiger partial charge >= 0.3 is 0 Å². The number of furan rings is 1. The minimum atomic E-state index is -0.436. The van der Waals surface area contributed by atoms with Gasteiger partial charge in [0, 0.05) is 0 Å². The lowest BCUT2D eigenvalue weighted by Crippen LogP contribution is -2.31. The normalized spacial score (nSPS) is 12.2. The number of rotatable bonds is 6. The molecule has 28 heavy (non-hydrogen) atoms. The molecule has 0 aliphatic carbocycles. The zero-order chi connectivity index (χ0) is 19.5. The number of carbonyl (C=O) groups is 1. The lowest BCUT2D eigenvalue weighted by atomic mass is 10.3. The molecule has 0 fully saturated rings. The number of nitrogens with one attached hydrogen (secondary N) is 1. The number of nitrogens with zero attached hydrogens (tertiary/aromatic N) is 2. The van der Waals surface area contributed by atoms with Crippen LogP contribution in [0.5, 0.6) is 0 Å². The highest BCUT2D eigenvalue weighted by atomic mass is 32.2. The van der Waals surface area contributed by atoms with Gasteiger partial charge in [0.2, 0.25) is 5.91 Å². The first-order valence-electron chi connectivity index (χ1n) is 8.66. The molecule has 0 bridgehead atoms. The fourth-order valence-corrected chi connectivity index (χ4v) is 4.48. The van der Waals surface area contributed by atoms with Crippen molar-refractivity contribution in [3.63, 3.8) is 0 Å². The number of aromatic nitrogens is 2. The average molecular weight is 412 g/mol. The largest absolute Gasteiger partial charge is 0.467 e. The van der Waals surface area contributed by atoms with Crippen LogP contribution in [-0.2, 0) is 11.3 Å². The van der Waals surface area contributed by atoms with Gasteiger partial charge in [-0.3, -0.25) is 14.2 Å². The van der Waals surface area contributed by atoms with Crippen molar-refractivity contribution < 1.29 is 9.21 Å². The van der Waals surface area contributed by atoms with Crippen molar-refractivity contribution in [1.82, 2.24) is 14.9 Å². The number of fused-ring (bicyclic) bond motifs is 1. The zero-order valence-corrected chi connectivity index (χ0v) is 16.6. The first-order chi connectivity index (χ1) is 13.6. The Kier molecular flexibility index (Phi) is 5.31. The summed E-state index contributed by atoms with van der Waals surface area (Å²) in [6.45, 7) is 2.11. The van der Waals surface area contributed by atoms with Crippen LogP contribution in [0.25, 0.3) is 15.9 Å². The van der Waals surface area contributed by atoms with Crippen LogP contribution in [-0.4, -0.2) is 20.7 Å². The van der Waals surface area contributed by atoms with Crippen molar-refractivity contribution in [2.75, 3.05) is 0 Å². The molecule has 0 radical (unpaired) electrons. The third-order valence-electron chi connectivity index (χ3n) is 4.15. The predicted molar refractivity (Wildman–Crippen MR) is 111 cm³/mol. The molecule has 1 amide bonds. The molecule has 3 heterocycles. The fraction of sp³-hybridized carbons (Fsp3) is 0.150. The van der Waals surface area contributed by atoms with Crippen LogP contribution in [0.1, 0.15) is 12.7 Å². The molecular weight excluding hydrogens is 394 g/mol. The average Bonchev–Trinajstić information content (AvgIpc) is 3.39. The van der Waals surface area contributed by atoms with Crippen LogP contribution in [0.15, 0.2) is 74.5 Å². The summed E-state index contributed by atoms with van der Waals surface area (Å²) in [6.07, 6.45) is 1.57. The number of benzene rings is 1. The summed E-state index contributed by atoms with van der Waals surface area (Å²) < 4.78 is 6.80. The summed E-state index contributed by atoms with van der Waals surface area (Å²) in [5, 5.41) is 5.33. The first-order valence-corrected chi connectivity index (χ1v) is 10.4. The minimum Gasteiger partial charge on any atom is -0.467 e. The summed E-state index contributed by atoms with van der Waals surface area (Å²) in [6, 6.07) is 14.7. The quantitative estimate of drug-likeness (QED) is 0.385. The lowest BCUT2D eigenvalue weighted by molar-refractivity contribution is -0.120. The standard InChI is InChI=1S/C20H17N3O3S2/c1-13(17(24)21-12-15-8-5-10-26-15)28-20-22-18-16(9-11-27-18)19(25)23(20)14-6-3-2-4-7-14/h2-11,13H,12H2,1H3,(H,21,24)/t13-/m1/s1. The van der Waals surface area contributed by atoms with Crippen LogP contribution < -0.4 is 10.9 Å².